The van der Waals surface area contributed by atoms with Crippen LogP contribution in [-0.4, -0.2) is 44.2 Å². The van der Waals surface area contributed by atoms with Crippen molar-refractivity contribution in [3.63, 3.8) is 0 Å². The smallest absolute Gasteiger partial charge is 0.258 e. The van der Waals surface area contributed by atoms with Crippen molar-refractivity contribution in [2.75, 3.05) is 0 Å². The van der Waals surface area contributed by atoms with Gasteiger partial charge in [0.25, 0.3) is 5.56 Å². The number of hydrogen-bond donors (Lipinski definition) is 2. The second-order valence-corrected chi connectivity index (χ2v) is 7.83. The number of aromatic nitrogens is 3. The third-order valence-electron chi connectivity index (χ3n) is 5.92. The minimum absolute atomic E-state index is 0.0532. The second kappa shape index (κ2) is 6.81. The number of aromatic hydroxyl groups is 1. The van der Waals surface area contributed by atoms with Gasteiger partial charge in [0.1, 0.15) is 11.9 Å². The number of hydrogen-bond acceptors (Lipinski definition) is 6. The van der Waals surface area contributed by atoms with E-state index < -0.39 is 12.3 Å². The molecule has 8 heteroatoms. The van der Waals surface area contributed by atoms with Crippen molar-refractivity contribution in [3.05, 3.63) is 46.9 Å². The number of phenols is 1. The highest BCUT2D eigenvalue weighted by atomic mass is 19.1. The van der Waals surface area contributed by atoms with Crippen LogP contribution in [0.15, 0.2) is 41.3 Å². The summed E-state index contributed by atoms with van der Waals surface area (Å²) in [5.41, 5.74) is 0.726. The van der Waals surface area contributed by atoms with Crippen LogP contribution in [0.5, 0.6) is 11.6 Å². The van der Waals surface area contributed by atoms with E-state index in [1.54, 1.807) is 37.5 Å². The molecule has 4 heterocycles. The Morgan fingerprint density at radius 2 is 2.10 bits per heavy atom. The summed E-state index contributed by atoms with van der Waals surface area (Å²) in [7, 11) is 1.66. The molecule has 2 aromatic heterocycles. The average Bonchev–Trinajstić information content (AvgIpc) is 3.13. The lowest BCUT2D eigenvalue weighted by Crippen LogP contribution is -2.51. The number of piperidine rings is 1. The van der Waals surface area contributed by atoms with Crippen molar-refractivity contribution in [2.45, 2.75) is 43.6 Å². The van der Waals surface area contributed by atoms with Crippen LogP contribution in [-0.2, 0) is 7.05 Å². The highest BCUT2D eigenvalue weighted by Gasteiger charge is 2.43. The quantitative estimate of drug-likeness (QED) is 0.706. The van der Waals surface area contributed by atoms with Crippen LogP contribution in [0.1, 0.15) is 19.3 Å². The molecule has 2 N–H and O–H groups in total. The highest BCUT2D eigenvalue weighted by Crippen LogP contribution is 2.33. The van der Waals surface area contributed by atoms with Gasteiger partial charge in [-0.15, -0.1) is 10.2 Å². The Bertz CT molecular complexity index is 1130. The number of fused-ring (bicyclic) bond motifs is 3. The molecule has 0 saturated carbocycles. The van der Waals surface area contributed by atoms with Gasteiger partial charge in [0, 0.05) is 43.4 Å². The topological polar surface area (TPSA) is 89.3 Å². The maximum Gasteiger partial charge on any atom is 0.258 e. The molecule has 2 unspecified atom stereocenters. The number of aryl methyl sites for hydroxylation is 1. The molecule has 0 aliphatic carbocycles. The van der Waals surface area contributed by atoms with Crippen LogP contribution in [0.2, 0.25) is 0 Å². The van der Waals surface area contributed by atoms with Crippen LogP contribution in [0.4, 0.5) is 4.39 Å². The van der Waals surface area contributed by atoms with Gasteiger partial charge in [-0.2, -0.15) is 0 Å². The molecule has 2 fully saturated rings. The fourth-order valence-electron chi connectivity index (χ4n) is 4.33. The van der Waals surface area contributed by atoms with Gasteiger partial charge in [0.05, 0.1) is 11.1 Å². The third-order valence-corrected chi connectivity index (χ3v) is 5.92. The fraction of sp³-hybridized carbons (Fsp3) is 0.381. The summed E-state index contributed by atoms with van der Waals surface area (Å²) >= 11 is 0. The van der Waals surface area contributed by atoms with Crippen molar-refractivity contribution in [1.29, 1.82) is 0 Å². The van der Waals surface area contributed by atoms with E-state index in [4.69, 9.17) is 4.74 Å². The van der Waals surface area contributed by atoms with Gasteiger partial charge in [-0.05, 0) is 42.5 Å². The van der Waals surface area contributed by atoms with Crippen LogP contribution >= 0.6 is 0 Å². The Kier molecular flexibility index (Phi) is 4.24. The molecule has 2 aliphatic heterocycles. The first-order valence-corrected chi connectivity index (χ1v) is 9.73. The number of pyridine rings is 1. The van der Waals surface area contributed by atoms with E-state index in [0.717, 1.165) is 12.8 Å². The predicted molar refractivity (Wildman–Crippen MR) is 106 cm³/mol. The van der Waals surface area contributed by atoms with E-state index in [1.807, 2.05) is 0 Å². The molecule has 2 aliphatic rings. The molecule has 4 atom stereocenters. The number of rotatable bonds is 3. The molecule has 0 spiro atoms. The Hall–Kier alpha value is -3.00. The number of halogens is 1. The van der Waals surface area contributed by atoms with Crippen LogP contribution in [0.3, 0.4) is 0 Å². The molecular formula is C21H21FN4O3. The molecule has 150 valence electrons. The average molecular weight is 396 g/mol. The number of benzene rings is 1. The zero-order chi connectivity index (χ0) is 20.1. The summed E-state index contributed by atoms with van der Waals surface area (Å²) in [6.45, 7) is 0. The fourth-order valence-corrected chi connectivity index (χ4v) is 4.33. The van der Waals surface area contributed by atoms with Crippen molar-refractivity contribution in [1.82, 2.24) is 20.1 Å². The van der Waals surface area contributed by atoms with Gasteiger partial charge in [0.15, 0.2) is 6.17 Å². The number of nitrogens with zero attached hydrogens (tertiary/aromatic N) is 3. The number of ether oxygens (including phenoxy) is 1. The SMILES string of the molecule is Cn1ccc2cc(-c3ccc(O[C@H]4CC5CCC(N5)[C@H]4F)nn3)c(O)cc2c1=O. The van der Waals surface area contributed by atoms with Gasteiger partial charge >= 0.3 is 0 Å². The highest BCUT2D eigenvalue weighted by molar-refractivity contribution is 5.89. The van der Waals surface area contributed by atoms with Gasteiger partial charge in [-0.3, -0.25) is 4.79 Å². The van der Waals surface area contributed by atoms with Crippen molar-refractivity contribution in [2.24, 2.45) is 7.05 Å². The van der Waals surface area contributed by atoms with Gasteiger partial charge in [-0.25, -0.2) is 4.39 Å². The summed E-state index contributed by atoms with van der Waals surface area (Å²) in [6, 6.07) is 8.41. The minimum Gasteiger partial charge on any atom is -0.507 e. The van der Waals surface area contributed by atoms with Crippen molar-refractivity contribution < 1.29 is 14.2 Å². The van der Waals surface area contributed by atoms with E-state index in [2.05, 4.69) is 15.5 Å². The van der Waals surface area contributed by atoms with Gasteiger partial charge < -0.3 is 19.7 Å². The summed E-state index contributed by atoms with van der Waals surface area (Å²) in [5, 5.41) is 23.0. The molecule has 5 rings (SSSR count). The molecule has 29 heavy (non-hydrogen) atoms. The van der Waals surface area contributed by atoms with Crippen molar-refractivity contribution in [3.8, 4) is 22.9 Å². The maximum atomic E-state index is 14.5. The lowest BCUT2D eigenvalue weighted by Gasteiger charge is -2.32. The van der Waals surface area contributed by atoms with E-state index in [1.165, 1.54) is 10.6 Å². The van der Waals surface area contributed by atoms with Gasteiger partial charge in [0.2, 0.25) is 5.88 Å². The van der Waals surface area contributed by atoms with Crippen LogP contribution < -0.4 is 15.6 Å². The standard InChI is InChI=1S/C21H21FN4O3/c1-26-7-6-11-8-14(17(27)10-13(11)21(26)28)15-4-5-19(25-24-15)29-18-9-12-2-3-16(23-12)20(18)22/h4-8,10,12,16,18,20,23,27H,2-3,9H2,1H3/t12?,16?,18-,20+/m0/s1. The normalized spacial score (nSPS) is 26.0. The first-order chi connectivity index (χ1) is 14.0. The van der Waals surface area contributed by atoms with Crippen molar-refractivity contribution >= 4 is 10.8 Å². The zero-order valence-electron chi connectivity index (χ0n) is 15.9. The van der Waals surface area contributed by atoms with E-state index >= 15 is 0 Å². The number of phenolic OH excluding ortho intramolecular Hbond substituents is 1. The lowest BCUT2D eigenvalue weighted by molar-refractivity contribution is 0.0422. The Labute approximate surface area is 166 Å². The monoisotopic (exact) mass is 396 g/mol. The molecule has 1 aromatic carbocycles. The van der Waals surface area contributed by atoms with E-state index in [0.29, 0.717) is 34.5 Å². The largest absolute Gasteiger partial charge is 0.507 e. The summed E-state index contributed by atoms with van der Waals surface area (Å²) in [6.07, 6.45) is 2.50. The van der Waals surface area contributed by atoms with E-state index in [9.17, 15) is 14.3 Å². The summed E-state index contributed by atoms with van der Waals surface area (Å²) < 4.78 is 21.8. The number of alkyl halides is 1. The maximum absolute atomic E-state index is 14.5. The summed E-state index contributed by atoms with van der Waals surface area (Å²) in [5.74, 6) is 0.208. The van der Waals surface area contributed by atoms with E-state index in [-0.39, 0.29) is 23.2 Å². The summed E-state index contributed by atoms with van der Waals surface area (Å²) in [4.78, 5) is 12.2. The molecule has 0 amide bonds. The Morgan fingerprint density at radius 3 is 2.90 bits per heavy atom. The molecule has 0 radical (unpaired) electrons. The minimum atomic E-state index is -1.07. The first-order valence-electron chi connectivity index (χ1n) is 9.73. The molecule has 2 saturated heterocycles. The number of nitrogens with one attached hydrogen (secondary N) is 1. The van der Waals surface area contributed by atoms with Gasteiger partial charge in [-0.1, -0.05) is 0 Å². The predicted octanol–water partition coefficient (Wildman–Crippen LogP) is 2.31. The molecular weight excluding hydrogens is 375 g/mol. The molecule has 3 aromatic rings. The first kappa shape index (κ1) is 18.1. The Morgan fingerprint density at radius 1 is 1.24 bits per heavy atom. The Balaban J connectivity index is 1.41. The van der Waals surface area contributed by atoms with Crippen LogP contribution in [0.25, 0.3) is 22.0 Å². The molecule has 2 bridgehead atoms. The third kappa shape index (κ3) is 3.13. The van der Waals surface area contributed by atoms with Crippen LogP contribution in [0, 0.1) is 0 Å². The molecule has 7 nitrogen and oxygen atoms in total. The second-order valence-electron chi connectivity index (χ2n) is 7.83. The lowest BCUT2D eigenvalue weighted by atomic mass is 10.0. The zero-order valence-corrected chi connectivity index (χ0v) is 15.9.